The summed E-state index contributed by atoms with van der Waals surface area (Å²) in [5.41, 5.74) is 1.76. The van der Waals surface area contributed by atoms with Crippen molar-refractivity contribution in [2.75, 3.05) is 7.11 Å². The Balaban J connectivity index is 1.85. The predicted octanol–water partition coefficient (Wildman–Crippen LogP) is 5.38. The lowest BCUT2D eigenvalue weighted by Gasteiger charge is -2.17. The third kappa shape index (κ3) is 4.80. The maximum absolute atomic E-state index is 12.9. The zero-order valence-electron chi connectivity index (χ0n) is 18.1. The summed E-state index contributed by atoms with van der Waals surface area (Å²) < 4.78 is 22.2. The molecule has 0 aliphatic carbocycles. The number of rotatable bonds is 8. The number of benzene rings is 3. The van der Waals surface area contributed by atoms with E-state index in [1.807, 2.05) is 60.7 Å². The molecule has 1 heterocycles. The van der Waals surface area contributed by atoms with Gasteiger partial charge < -0.3 is 18.6 Å². The fourth-order valence-corrected chi connectivity index (χ4v) is 3.43. The lowest BCUT2D eigenvalue weighted by Crippen LogP contribution is -2.11. The number of carbonyl (C=O) groups is 1. The number of hydrogen-bond donors (Lipinski definition) is 0. The van der Waals surface area contributed by atoms with Crippen LogP contribution in [-0.2, 0) is 18.0 Å². The van der Waals surface area contributed by atoms with Gasteiger partial charge in [-0.25, -0.2) is 9.59 Å². The van der Waals surface area contributed by atoms with E-state index in [4.69, 9.17) is 18.6 Å². The van der Waals surface area contributed by atoms with Crippen LogP contribution in [0.5, 0.6) is 11.5 Å². The van der Waals surface area contributed by atoms with Crippen molar-refractivity contribution in [2.24, 2.45) is 0 Å². The molecule has 0 fully saturated rings. The molecule has 166 valence electrons. The molecule has 0 atom stereocenters. The van der Waals surface area contributed by atoms with Crippen molar-refractivity contribution >= 4 is 22.8 Å². The van der Waals surface area contributed by atoms with Crippen molar-refractivity contribution in [1.82, 2.24) is 0 Å². The molecule has 6 nitrogen and oxygen atoms in total. The van der Waals surface area contributed by atoms with E-state index < -0.39 is 11.6 Å². The van der Waals surface area contributed by atoms with E-state index in [0.29, 0.717) is 16.7 Å². The minimum absolute atomic E-state index is 0.173. The zero-order valence-corrected chi connectivity index (χ0v) is 18.1. The van der Waals surface area contributed by atoms with E-state index in [-0.39, 0.29) is 30.1 Å². The average molecular weight is 442 g/mol. The summed E-state index contributed by atoms with van der Waals surface area (Å²) in [5.74, 6) is -0.343. The first kappa shape index (κ1) is 21.9. The SMILES string of the molecule is C=Cc1cc2cc(C(=O)OC)oc(=O)c2c(OCc2ccccc2)c1OCc1ccccc1. The van der Waals surface area contributed by atoms with Crippen molar-refractivity contribution in [3.05, 3.63) is 112 Å². The van der Waals surface area contributed by atoms with E-state index in [2.05, 4.69) is 6.58 Å². The first-order valence-electron chi connectivity index (χ1n) is 10.3. The predicted molar refractivity (Wildman–Crippen MR) is 125 cm³/mol. The Morgan fingerprint density at radius 3 is 2.03 bits per heavy atom. The van der Waals surface area contributed by atoms with Crippen LogP contribution in [-0.4, -0.2) is 13.1 Å². The highest BCUT2D eigenvalue weighted by Gasteiger charge is 2.22. The third-order valence-electron chi connectivity index (χ3n) is 5.05. The molecule has 3 aromatic carbocycles. The van der Waals surface area contributed by atoms with Gasteiger partial charge in [-0.2, -0.15) is 0 Å². The Bertz CT molecular complexity index is 1340. The van der Waals surface area contributed by atoms with Gasteiger partial charge >= 0.3 is 11.6 Å². The van der Waals surface area contributed by atoms with Crippen LogP contribution in [0.4, 0.5) is 0 Å². The molecule has 0 spiro atoms. The molecule has 6 heteroatoms. The van der Waals surface area contributed by atoms with Gasteiger partial charge in [0.15, 0.2) is 11.5 Å². The summed E-state index contributed by atoms with van der Waals surface area (Å²) >= 11 is 0. The van der Waals surface area contributed by atoms with Crippen LogP contribution in [0.2, 0.25) is 0 Å². The smallest absolute Gasteiger partial charge is 0.374 e. The summed E-state index contributed by atoms with van der Waals surface area (Å²) in [6.07, 6.45) is 1.61. The number of carbonyl (C=O) groups excluding carboxylic acids is 1. The fraction of sp³-hybridized carbons (Fsp3) is 0.111. The number of methoxy groups -OCH3 is 1. The number of esters is 1. The van der Waals surface area contributed by atoms with Gasteiger partial charge in [-0.1, -0.05) is 73.3 Å². The van der Waals surface area contributed by atoms with E-state index in [0.717, 1.165) is 11.1 Å². The van der Waals surface area contributed by atoms with Crippen LogP contribution >= 0.6 is 0 Å². The Labute approximate surface area is 190 Å². The molecule has 0 saturated carbocycles. The molecule has 4 aromatic rings. The zero-order chi connectivity index (χ0) is 23.2. The Hall–Kier alpha value is -4.32. The number of hydrogen-bond acceptors (Lipinski definition) is 6. The van der Waals surface area contributed by atoms with E-state index >= 15 is 0 Å². The maximum atomic E-state index is 12.9. The summed E-state index contributed by atoms with van der Waals surface area (Å²) in [4.78, 5) is 24.9. The third-order valence-corrected chi connectivity index (χ3v) is 5.05. The van der Waals surface area contributed by atoms with Gasteiger partial charge in [0.1, 0.15) is 18.6 Å². The largest absolute Gasteiger partial charge is 0.484 e. The maximum Gasteiger partial charge on any atom is 0.374 e. The minimum atomic E-state index is -0.745. The molecule has 1 aromatic heterocycles. The van der Waals surface area contributed by atoms with Gasteiger partial charge in [-0.05, 0) is 28.6 Å². The first-order valence-corrected chi connectivity index (χ1v) is 10.3. The Morgan fingerprint density at radius 2 is 1.48 bits per heavy atom. The van der Waals surface area contributed by atoms with E-state index in [1.54, 1.807) is 12.1 Å². The van der Waals surface area contributed by atoms with Crippen LogP contribution in [0, 0.1) is 0 Å². The molecule has 0 aliphatic rings. The monoisotopic (exact) mass is 442 g/mol. The lowest BCUT2D eigenvalue weighted by molar-refractivity contribution is 0.0560. The number of ether oxygens (including phenoxy) is 3. The van der Waals surface area contributed by atoms with Crippen LogP contribution in [0.25, 0.3) is 16.8 Å². The van der Waals surface area contributed by atoms with Gasteiger partial charge in [0.05, 0.1) is 7.11 Å². The molecule has 0 bridgehead atoms. The molecule has 0 radical (unpaired) electrons. The van der Waals surface area contributed by atoms with E-state index in [9.17, 15) is 9.59 Å². The number of fused-ring (bicyclic) bond motifs is 1. The molecule has 0 saturated heterocycles. The fourth-order valence-electron chi connectivity index (χ4n) is 3.43. The second kappa shape index (κ2) is 9.87. The average Bonchev–Trinajstić information content (AvgIpc) is 2.86. The van der Waals surface area contributed by atoms with Crippen molar-refractivity contribution in [2.45, 2.75) is 13.2 Å². The van der Waals surface area contributed by atoms with Crippen molar-refractivity contribution in [3.8, 4) is 11.5 Å². The highest BCUT2D eigenvalue weighted by atomic mass is 16.5. The summed E-state index contributed by atoms with van der Waals surface area (Å²) in [7, 11) is 1.22. The normalized spacial score (nSPS) is 10.6. The molecule has 0 unspecified atom stereocenters. The second-order valence-electron chi connectivity index (χ2n) is 7.23. The summed E-state index contributed by atoms with van der Waals surface area (Å²) in [6, 6.07) is 22.4. The first-order chi connectivity index (χ1) is 16.1. The molecule has 0 N–H and O–H groups in total. The topological polar surface area (TPSA) is 75.0 Å². The quantitative estimate of drug-likeness (QED) is 0.341. The van der Waals surface area contributed by atoms with Gasteiger partial charge in [0.2, 0.25) is 5.76 Å². The van der Waals surface area contributed by atoms with Crippen LogP contribution in [0.15, 0.2) is 88.6 Å². The molecule has 0 aliphatic heterocycles. The molecular weight excluding hydrogens is 420 g/mol. The van der Waals surface area contributed by atoms with Crippen molar-refractivity contribution in [1.29, 1.82) is 0 Å². The van der Waals surface area contributed by atoms with Gasteiger partial charge in [0.25, 0.3) is 0 Å². The minimum Gasteiger partial charge on any atom is -0.484 e. The highest BCUT2D eigenvalue weighted by Crippen LogP contribution is 2.39. The standard InChI is InChI=1S/C27H22O6/c1-3-20-14-21-15-22(26(28)30-2)33-27(29)23(21)25(32-17-19-12-8-5-9-13-19)24(20)31-16-18-10-6-4-7-11-18/h3-15H,1,16-17H2,2H3. The van der Waals surface area contributed by atoms with Crippen LogP contribution < -0.4 is 15.1 Å². The van der Waals surface area contributed by atoms with Crippen molar-refractivity contribution in [3.63, 3.8) is 0 Å². The van der Waals surface area contributed by atoms with Gasteiger partial charge in [0, 0.05) is 5.56 Å². The van der Waals surface area contributed by atoms with Gasteiger partial charge in [-0.15, -0.1) is 0 Å². The molecular formula is C27H22O6. The molecule has 33 heavy (non-hydrogen) atoms. The van der Waals surface area contributed by atoms with Crippen molar-refractivity contribution < 1.29 is 23.4 Å². The van der Waals surface area contributed by atoms with Crippen LogP contribution in [0.3, 0.4) is 0 Å². The summed E-state index contributed by atoms with van der Waals surface area (Å²) in [5, 5.41) is 0.629. The molecule has 0 amide bonds. The van der Waals surface area contributed by atoms with E-state index in [1.165, 1.54) is 13.2 Å². The molecule has 4 rings (SSSR count). The Morgan fingerprint density at radius 1 is 0.909 bits per heavy atom. The highest BCUT2D eigenvalue weighted by molar-refractivity contribution is 5.97. The second-order valence-corrected chi connectivity index (χ2v) is 7.23. The Kier molecular flexibility index (Phi) is 6.55. The summed E-state index contributed by atoms with van der Waals surface area (Å²) in [6.45, 7) is 4.35. The lowest BCUT2D eigenvalue weighted by atomic mass is 10.1. The van der Waals surface area contributed by atoms with Gasteiger partial charge in [-0.3, -0.25) is 0 Å². The van der Waals surface area contributed by atoms with Crippen LogP contribution in [0.1, 0.15) is 27.2 Å².